The van der Waals surface area contributed by atoms with E-state index in [1.54, 1.807) is 0 Å². The highest BCUT2D eigenvalue weighted by molar-refractivity contribution is 5.80. The Morgan fingerprint density at radius 2 is 1.68 bits per heavy atom. The number of amides is 1. The van der Waals surface area contributed by atoms with Crippen molar-refractivity contribution in [1.82, 2.24) is 16.0 Å². The van der Waals surface area contributed by atoms with Crippen molar-refractivity contribution in [1.29, 1.82) is 0 Å². The number of nitrogens with zero attached hydrogens (tertiary/aromatic N) is 2. The Morgan fingerprint density at radius 3 is 2.18 bits per heavy atom. The van der Waals surface area contributed by atoms with Crippen LogP contribution in [-0.4, -0.2) is 50.4 Å². The molecule has 0 aliphatic carbocycles. The quantitative estimate of drug-likeness (QED) is 0.492. The molecule has 1 amide bonds. The van der Waals surface area contributed by atoms with Gasteiger partial charge in [0.15, 0.2) is 5.96 Å². The van der Waals surface area contributed by atoms with Gasteiger partial charge in [0.2, 0.25) is 0 Å². The normalized spacial score (nSPS) is 12.4. The van der Waals surface area contributed by atoms with Crippen molar-refractivity contribution < 1.29 is 9.53 Å². The first-order valence-corrected chi connectivity index (χ1v) is 9.71. The van der Waals surface area contributed by atoms with Gasteiger partial charge in [0.25, 0.3) is 0 Å². The molecule has 0 unspecified atom stereocenters. The second-order valence-electron chi connectivity index (χ2n) is 8.62. The lowest BCUT2D eigenvalue weighted by Crippen LogP contribution is -2.54. The summed E-state index contributed by atoms with van der Waals surface area (Å²) in [4.78, 5) is 18.7. The number of benzene rings is 1. The van der Waals surface area contributed by atoms with Crippen LogP contribution in [0.4, 0.5) is 10.5 Å². The number of ether oxygens (including phenoxy) is 1. The lowest BCUT2D eigenvalue weighted by molar-refractivity contribution is 0.0474. The zero-order valence-electron chi connectivity index (χ0n) is 18.6. The molecule has 0 aromatic heterocycles. The molecule has 0 aliphatic heterocycles. The second kappa shape index (κ2) is 10.2. The third-order valence-corrected chi connectivity index (χ3v) is 3.75. The van der Waals surface area contributed by atoms with Gasteiger partial charge in [-0.25, -0.2) is 9.79 Å². The van der Waals surface area contributed by atoms with Gasteiger partial charge in [0, 0.05) is 32.9 Å². The fourth-order valence-corrected chi connectivity index (χ4v) is 2.34. The molecular weight excluding hydrogens is 354 g/mol. The largest absolute Gasteiger partial charge is 0.444 e. The first kappa shape index (κ1) is 23.6. The van der Waals surface area contributed by atoms with Crippen LogP contribution in [0.2, 0.25) is 0 Å². The highest BCUT2D eigenvalue weighted by atomic mass is 16.6. The molecule has 28 heavy (non-hydrogen) atoms. The van der Waals surface area contributed by atoms with Crippen LogP contribution in [0.1, 0.15) is 47.1 Å². The van der Waals surface area contributed by atoms with Crippen LogP contribution in [0.15, 0.2) is 29.3 Å². The van der Waals surface area contributed by atoms with Gasteiger partial charge >= 0.3 is 6.09 Å². The predicted molar refractivity (Wildman–Crippen MR) is 117 cm³/mol. The van der Waals surface area contributed by atoms with E-state index in [-0.39, 0.29) is 0 Å². The smallest absolute Gasteiger partial charge is 0.408 e. The van der Waals surface area contributed by atoms with Gasteiger partial charge in [-0.3, -0.25) is 0 Å². The Kier molecular flexibility index (Phi) is 8.60. The molecule has 0 atom stereocenters. The summed E-state index contributed by atoms with van der Waals surface area (Å²) < 4.78 is 5.33. The predicted octanol–water partition coefficient (Wildman–Crippen LogP) is 3.11. The number of hydrogen-bond donors (Lipinski definition) is 3. The summed E-state index contributed by atoms with van der Waals surface area (Å²) in [7, 11) is 4.04. The zero-order valence-corrected chi connectivity index (χ0v) is 18.6. The number of rotatable bonds is 7. The van der Waals surface area contributed by atoms with Crippen LogP contribution in [0.25, 0.3) is 0 Å². The van der Waals surface area contributed by atoms with Crippen molar-refractivity contribution in [3.05, 3.63) is 29.8 Å². The van der Waals surface area contributed by atoms with Crippen molar-refractivity contribution in [2.45, 2.75) is 59.2 Å². The van der Waals surface area contributed by atoms with Crippen molar-refractivity contribution in [2.24, 2.45) is 4.99 Å². The number of nitrogens with one attached hydrogen (secondary N) is 3. The lowest BCUT2D eigenvalue weighted by Gasteiger charge is -2.29. The molecule has 0 radical (unpaired) electrons. The van der Waals surface area contributed by atoms with E-state index >= 15 is 0 Å². The van der Waals surface area contributed by atoms with Crippen molar-refractivity contribution in [3.8, 4) is 0 Å². The molecule has 0 bridgehead atoms. The molecule has 0 fully saturated rings. The minimum absolute atomic E-state index is 0.428. The SMILES string of the molecule is CCNC(=NCc1ccc(N(C)C)cc1)NCC(C)(C)NC(=O)OC(C)(C)C. The second-order valence-corrected chi connectivity index (χ2v) is 8.62. The van der Waals surface area contributed by atoms with E-state index < -0.39 is 17.2 Å². The molecule has 7 heteroatoms. The van der Waals surface area contributed by atoms with Crippen molar-refractivity contribution >= 4 is 17.7 Å². The summed E-state index contributed by atoms with van der Waals surface area (Å²) >= 11 is 0. The monoisotopic (exact) mass is 391 g/mol. The van der Waals surface area contributed by atoms with Gasteiger partial charge in [0.1, 0.15) is 5.60 Å². The lowest BCUT2D eigenvalue weighted by atomic mass is 10.1. The molecule has 3 N–H and O–H groups in total. The third kappa shape index (κ3) is 9.48. The summed E-state index contributed by atoms with van der Waals surface area (Å²) in [5.41, 5.74) is 1.28. The first-order chi connectivity index (χ1) is 12.9. The third-order valence-electron chi connectivity index (χ3n) is 3.75. The van der Waals surface area contributed by atoms with Crippen molar-refractivity contribution in [3.63, 3.8) is 0 Å². The molecule has 0 saturated heterocycles. The standard InChI is InChI=1S/C21H37N5O2/c1-9-22-18(23-14-16-10-12-17(13-11-16)26(7)8)24-15-21(5,6)25-19(27)28-20(2,3)4/h10-13H,9,14-15H2,1-8H3,(H,25,27)(H2,22,23,24). The van der Waals surface area contributed by atoms with Gasteiger partial charge < -0.3 is 25.6 Å². The molecular formula is C21H37N5O2. The molecule has 0 heterocycles. The number of aliphatic imine (C=N–C) groups is 1. The van der Waals surface area contributed by atoms with Gasteiger partial charge in [-0.1, -0.05) is 12.1 Å². The van der Waals surface area contributed by atoms with E-state index in [1.165, 1.54) is 0 Å². The number of anilines is 1. The minimum atomic E-state index is -0.522. The first-order valence-electron chi connectivity index (χ1n) is 9.71. The molecule has 1 aromatic carbocycles. The Hall–Kier alpha value is -2.44. The van der Waals surface area contributed by atoms with Crippen LogP contribution in [-0.2, 0) is 11.3 Å². The molecule has 7 nitrogen and oxygen atoms in total. The summed E-state index contributed by atoms with van der Waals surface area (Å²) in [5.74, 6) is 0.707. The number of carbonyl (C=O) groups is 1. The molecule has 1 aromatic rings. The van der Waals surface area contributed by atoms with E-state index in [1.807, 2.05) is 55.6 Å². The summed E-state index contributed by atoms with van der Waals surface area (Å²) in [6.45, 7) is 13.3. The number of carbonyl (C=O) groups excluding carboxylic acids is 1. The van der Waals surface area contributed by atoms with Crippen LogP contribution in [0.3, 0.4) is 0 Å². The van der Waals surface area contributed by atoms with Gasteiger partial charge in [0.05, 0.1) is 12.1 Å². The molecule has 158 valence electrons. The average Bonchev–Trinajstić information content (AvgIpc) is 2.55. The highest BCUT2D eigenvalue weighted by Crippen LogP contribution is 2.13. The Morgan fingerprint density at radius 1 is 1.07 bits per heavy atom. The van der Waals surface area contributed by atoms with E-state index in [2.05, 4.69) is 50.1 Å². The molecule has 0 aliphatic rings. The van der Waals surface area contributed by atoms with Gasteiger partial charge in [-0.05, 0) is 59.2 Å². The van der Waals surface area contributed by atoms with Crippen LogP contribution in [0, 0.1) is 0 Å². The Labute approximate surface area is 169 Å². The van der Waals surface area contributed by atoms with Crippen LogP contribution < -0.4 is 20.9 Å². The number of alkyl carbamates (subject to hydrolysis) is 1. The van der Waals surface area contributed by atoms with E-state index in [0.717, 1.165) is 17.8 Å². The fourth-order valence-electron chi connectivity index (χ4n) is 2.34. The summed E-state index contributed by atoms with van der Waals surface area (Å²) in [6, 6.07) is 8.32. The Bertz CT molecular complexity index is 646. The van der Waals surface area contributed by atoms with E-state index in [0.29, 0.717) is 19.0 Å². The summed E-state index contributed by atoms with van der Waals surface area (Å²) in [6.07, 6.45) is -0.428. The number of hydrogen-bond acceptors (Lipinski definition) is 4. The van der Waals surface area contributed by atoms with Gasteiger partial charge in [-0.15, -0.1) is 0 Å². The van der Waals surface area contributed by atoms with Crippen LogP contribution in [0.5, 0.6) is 0 Å². The zero-order chi connectivity index (χ0) is 21.4. The minimum Gasteiger partial charge on any atom is -0.444 e. The van der Waals surface area contributed by atoms with E-state index in [9.17, 15) is 4.79 Å². The molecule has 1 rings (SSSR count). The number of guanidine groups is 1. The fraction of sp³-hybridized carbons (Fsp3) is 0.619. The maximum absolute atomic E-state index is 12.0. The maximum Gasteiger partial charge on any atom is 0.408 e. The molecule has 0 saturated carbocycles. The highest BCUT2D eigenvalue weighted by Gasteiger charge is 2.24. The summed E-state index contributed by atoms with van der Waals surface area (Å²) in [5, 5.41) is 9.41. The Balaban J connectivity index is 2.65. The topological polar surface area (TPSA) is 78.0 Å². The van der Waals surface area contributed by atoms with Gasteiger partial charge in [-0.2, -0.15) is 0 Å². The molecule has 0 spiro atoms. The maximum atomic E-state index is 12.0. The van der Waals surface area contributed by atoms with Crippen LogP contribution >= 0.6 is 0 Å². The van der Waals surface area contributed by atoms with Crippen molar-refractivity contribution in [2.75, 3.05) is 32.1 Å². The van der Waals surface area contributed by atoms with E-state index in [4.69, 9.17) is 4.74 Å². The average molecular weight is 392 g/mol.